The van der Waals surface area contributed by atoms with E-state index in [-0.39, 0.29) is 16.6 Å². The average molecular weight is 350 g/mol. The van der Waals surface area contributed by atoms with Crippen molar-refractivity contribution >= 4 is 11.0 Å². The van der Waals surface area contributed by atoms with Crippen LogP contribution in [0.1, 0.15) is 52.7 Å². The lowest BCUT2D eigenvalue weighted by Gasteiger charge is -2.27. The lowest BCUT2D eigenvalue weighted by Crippen LogP contribution is -2.17. The van der Waals surface area contributed by atoms with Gasteiger partial charge in [-0.05, 0) is 34.6 Å². The molecule has 0 radical (unpaired) electrons. The van der Waals surface area contributed by atoms with E-state index < -0.39 is 5.63 Å². The lowest BCUT2D eigenvalue weighted by atomic mass is 9.78. The van der Waals surface area contributed by atoms with Crippen LogP contribution in [-0.2, 0) is 10.8 Å². The highest BCUT2D eigenvalue weighted by Gasteiger charge is 2.26. The topological polar surface area (TPSA) is 50.4 Å². The zero-order chi connectivity index (χ0) is 19.3. The van der Waals surface area contributed by atoms with Crippen LogP contribution >= 0.6 is 0 Å². The molecule has 3 nitrogen and oxygen atoms in total. The second-order valence-corrected chi connectivity index (χ2v) is 8.91. The standard InChI is InChI=1S/C23H26O3/c1-22(2,3)15-12-16(20(24)18(13-15)23(4,5)6)17-11-14-9-7-8-10-19(14)26-21(17)25/h7-13,24H,1-6H3. The normalized spacial score (nSPS) is 12.5. The van der Waals surface area contributed by atoms with Crippen molar-refractivity contribution in [3.05, 3.63) is 64.0 Å². The highest BCUT2D eigenvalue weighted by atomic mass is 16.4. The maximum atomic E-state index is 12.6. The summed E-state index contributed by atoms with van der Waals surface area (Å²) in [5, 5.41) is 11.8. The molecule has 0 saturated carbocycles. The maximum absolute atomic E-state index is 12.6. The van der Waals surface area contributed by atoms with Crippen molar-refractivity contribution < 1.29 is 9.52 Å². The van der Waals surface area contributed by atoms with Crippen LogP contribution in [0.2, 0.25) is 0 Å². The van der Waals surface area contributed by atoms with E-state index in [9.17, 15) is 9.90 Å². The molecule has 3 heteroatoms. The summed E-state index contributed by atoms with van der Waals surface area (Å²) in [6.45, 7) is 12.5. The van der Waals surface area contributed by atoms with Gasteiger partial charge >= 0.3 is 5.63 Å². The molecule has 1 heterocycles. The molecule has 3 aromatic rings. The molecule has 26 heavy (non-hydrogen) atoms. The summed E-state index contributed by atoms with van der Waals surface area (Å²) in [5.74, 6) is 0.146. The number of hydrogen-bond donors (Lipinski definition) is 1. The summed E-state index contributed by atoms with van der Waals surface area (Å²) < 4.78 is 5.49. The Morgan fingerprint density at radius 2 is 1.50 bits per heavy atom. The first-order chi connectivity index (χ1) is 12.0. The molecule has 0 aliphatic rings. The van der Waals surface area contributed by atoms with E-state index in [2.05, 4.69) is 41.5 Å². The third-order valence-electron chi connectivity index (χ3n) is 4.72. The van der Waals surface area contributed by atoms with Gasteiger partial charge in [0.15, 0.2) is 0 Å². The largest absolute Gasteiger partial charge is 0.507 e. The van der Waals surface area contributed by atoms with Crippen LogP contribution in [0.3, 0.4) is 0 Å². The molecule has 0 spiro atoms. The van der Waals surface area contributed by atoms with Crippen molar-refractivity contribution in [2.75, 3.05) is 0 Å². The molecule has 0 saturated heterocycles. The van der Waals surface area contributed by atoms with Crippen molar-refractivity contribution in [2.45, 2.75) is 52.4 Å². The number of para-hydroxylation sites is 1. The summed E-state index contributed by atoms with van der Waals surface area (Å²) in [7, 11) is 0. The minimum absolute atomic E-state index is 0.112. The van der Waals surface area contributed by atoms with Gasteiger partial charge in [0, 0.05) is 16.5 Å². The number of fused-ring (bicyclic) bond motifs is 1. The van der Waals surface area contributed by atoms with E-state index in [1.807, 2.05) is 30.3 Å². The molecule has 2 aromatic carbocycles. The third-order valence-corrected chi connectivity index (χ3v) is 4.72. The summed E-state index contributed by atoms with van der Waals surface area (Å²) >= 11 is 0. The van der Waals surface area contributed by atoms with Crippen LogP contribution in [0.5, 0.6) is 5.75 Å². The Kier molecular flexibility index (Phi) is 4.22. The Bertz CT molecular complexity index is 1030. The van der Waals surface area contributed by atoms with Crippen LogP contribution < -0.4 is 5.63 Å². The summed E-state index contributed by atoms with van der Waals surface area (Å²) in [5.41, 5.74) is 2.56. The Morgan fingerprint density at radius 3 is 2.12 bits per heavy atom. The highest BCUT2D eigenvalue weighted by molar-refractivity contribution is 5.83. The number of rotatable bonds is 1. The van der Waals surface area contributed by atoms with Crippen molar-refractivity contribution in [2.24, 2.45) is 0 Å². The Labute approximate surface area is 154 Å². The predicted octanol–water partition coefficient (Wildman–Crippen LogP) is 5.76. The molecule has 0 fully saturated rings. The monoisotopic (exact) mass is 350 g/mol. The maximum Gasteiger partial charge on any atom is 0.344 e. The van der Waals surface area contributed by atoms with Gasteiger partial charge < -0.3 is 9.52 Å². The first kappa shape index (κ1) is 18.2. The fraction of sp³-hybridized carbons (Fsp3) is 0.348. The Balaban J connectivity index is 2.38. The molecule has 0 atom stereocenters. The lowest BCUT2D eigenvalue weighted by molar-refractivity contribution is 0.446. The van der Waals surface area contributed by atoms with Gasteiger partial charge in [0.05, 0.1) is 5.56 Å². The zero-order valence-electron chi connectivity index (χ0n) is 16.3. The zero-order valence-corrected chi connectivity index (χ0v) is 16.3. The van der Waals surface area contributed by atoms with Gasteiger partial charge in [-0.2, -0.15) is 0 Å². The van der Waals surface area contributed by atoms with Crippen LogP contribution in [0, 0.1) is 0 Å². The van der Waals surface area contributed by atoms with Crippen molar-refractivity contribution in [3.8, 4) is 16.9 Å². The van der Waals surface area contributed by atoms with Crippen molar-refractivity contribution in [3.63, 3.8) is 0 Å². The van der Waals surface area contributed by atoms with E-state index in [1.165, 1.54) is 0 Å². The van der Waals surface area contributed by atoms with Crippen LogP contribution in [-0.4, -0.2) is 5.11 Å². The highest BCUT2D eigenvalue weighted by Crippen LogP contribution is 2.41. The molecule has 3 rings (SSSR count). The SMILES string of the molecule is CC(C)(C)c1cc(-c2cc3ccccc3oc2=O)c(O)c(C(C)(C)C)c1. The molecule has 1 aromatic heterocycles. The molecule has 0 aliphatic heterocycles. The minimum Gasteiger partial charge on any atom is -0.507 e. The van der Waals surface area contributed by atoms with E-state index in [0.717, 1.165) is 16.5 Å². The Morgan fingerprint density at radius 1 is 0.846 bits per heavy atom. The molecule has 136 valence electrons. The quantitative estimate of drug-likeness (QED) is 0.568. The van der Waals surface area contributed by atoms with Crippen LogP contribution in [0.15, 0.2) is 51.7 Å². The van der Waals surface area contributed by atoms with Crippen molar-refractivity contribution in [1.82, 2.24) is 0 Å². The molecule has 1 N–H and O–H groups in total. The fourth-order valence-corrected chi connectivity index (χ4v) is 3.09. The summed E-state index contributed by atoms with van der Waals surface area (Å²) in [6.07, 6.45) is 0. The van der Waals surface area contributed by atoms with E-state index in [4.69, 9.17) is 4.42 Å². The Hall–Kier alpha value is -2.55. The van der Waals surface area contributed by atoms with Gasteiger partial charge in [-0.1, -0.05) is 65.8 Å². The molecule has 0 aliphatic carbocycles. The number of hydrogen-bond acceptors (Lipinski definition) is 3. The number of phenols is 1. The predicted molar refractivity (Wildman–Crippen MR) is 107 cm³/mol. The average Bonchev–Trinajstić information content (AvgIpc) is 2.52. The molecule has 0 amide bonds. The first-order valence-electron chi connectivity index (χ1n) is 8.90. The van der Waals surface area contributed by atoms with E-state index >= 15 is 0 Å². The molecular weight excluding hydrogens is 324 g/mol. The summed E-state index contributed by atoms with van der Waals surface area (Å²) in [4.78, 5) is 12.6. The van der Waals surface area contributed by atoms with E-state index in [0.29, 0.717) is 16.7 Å². The van der Waals surface area contributed by atoms with Gasteiger partial charge in [-0.3, -0.25) is 0 Å². The number of benzene rings is 2. The third kappa shape index (κ3) is 3.26. The fourth-order valence-electron chi connectivity index (χ4n) is 3.09. The smallest absolute Gasteiger partial charge is 0.344 e. The second-order valence-electron chi connectivity index (χ2n) is 8.91. The van der Waals surface area contributed by atoms with Gasteiger partial charge in [-0.25, -0.2) is 4.79 Å². The van der Waals surface area contributed by atoms with Crippen LogP contribution in [0.25, 0.3) is 22.1 Å². The minimum atomic E-state index is -0.440. The number of aromatic hydroxyl groups is 1. The second kappa shape index (κ2) is 6.01. The number of phenolic OH excluding ortho intramolecular Hbond substituents is 1. The van der Waals surface area contributed by atoms with Crippen LogP contribution in [0.4, 0.5) is 0 Å². The van der Waals surface area contributed by atoms with E-state index in [1.54, 1.807) is 12.1 Å². The molecular formula is C23H26O3. The van der Waals surface area contributed by atoms with Gasteiger partial charge in [0.1, 0.15) is 11.3 Å². The van der Waals surface area contributed by atoms with Crippen molar-refractivity contribution in [1.29, 1.82) is 0 Å². The first-order valence-corrected chi connectivity index (χ1v) is 8.90. The van der Waals surface area contributed by atoms with Gasteiger partial charge in [-0.15, -0.1) is 0 Å². The van der Waals surface area contributed by atoms with Gasteiger partial charge in [0.2, 0.25) is 0 Å². The molecule has 0 bridgehead atoms. The summed E-state index contributed by atoms with van der Waals surface area (Å²) in [6, 6.07) is 13.2. The molecule has 0 unspecified atom stereocenters. The van der Waals surface area contributed by atoms with Gasteiger partial charge in [0.25, 0.3) is 0 Å².